The number of aromatic nitrogens is 3. The summed E-state index contributed by atoms with van der Waals surface area (Å²) in [6.45, 7) is 6.05. The van der Waals surface area contributed by atoms with Crippen LogP contribution in [0.2, 0.25) is 0 Å². The number of thiophene rings is 1. The molecule has 0 saturated heterocycles. The zero-order valence-electron chi connectivity index (χ0n) is 12.0. The molecule has 5 heteroatoms. The average Bonchev–Trinajstić information content (AvgIpc) is 2.97. The molecule has 0 amide bonds. The minimum Gasteiger partial charge on any atom is -0.470 e. The van der Waals surface area contributed by atoms with E-state index in [1.807, 2.05) is 62.2 Å². The Kier molecular flexibility index (Phi) is 3.01. The van der Waals surface area contributed by atoms with Crippen LogP contribution in [0.15, 0.2) is 29.8 Å². The number of fused-ring (bicyclic) bond motifs is 1. The molecule has 4 nitrogen and oxygen atoms in total. The molecular formula is C15H17N3OS. The van der Waals surface area contributed by atoms with Crippen LogP contribution in [0.4, 0.5) is 0 Å². The molecule has 0 unspecified atom stereocenters. The van der Waals surface area contributed by atoms with Crippen LogP contribution in [0.5, 0.6) is 5.88 Å². The van der Waals surface area contributed by atoms with Gasteiger partial charge in [0.15, 0.2) is 5.65 Å². The summed E-state index contributed by atoms with van der Waals surface area (Å²) in [5, 5.41) is 2.03. The van der Waals surface area contributed by atoms with Crippen LogP contribution in [-0.2, 0) is 7.05 Å². The lowest BCUT2D eigenvalue weighted by atomic mass is 10.2. The number of nitrogens with zero attached hydrogens (tertiary/aromatic N) is 3. The molecule has 0 aromatic carbocycles. The van der Waals surface area contributed by atoms with Crippen LogP contribution in [0, 0.1) is 0 Å². The van der Waals surface area contributed by atoms with Crippen LogP contribution < -0.4 is 4.74 Å². The van der Waals surface area contributed by atoms with Gasteiger partial charge in [-0.15, -0.1) is 11.3 Å². The van der Waals surface area contributed by atoms with Gasteiger partial charge in [-0.3, -0.25) is 0 Å². The van der Waals surface area contributed by atoms with Gasteiger partial charge in [0.25, 0.3) is 0 Å². The van der Waals surface area contributed by atoms with Gasteiger partial charge in [-0.05, 0) is 38.3 Å². The van der Waals surface area contributed by atoms with E-state index in [4.69, 9.17) is 9.72 Å². The van der Waals surface area contributed by atoms with Gasteiger partial charge in [0.05, 0.1) is 4.88 Å². The van der Waals surface area contributed by atoms with Crippen LogP contribution in [-0.4, -0.2) is 20.1 Å². The monoisotopic (exact) mass is 287 g/mol. The second-order valence-electron chi connectivity index (χ2n) is 5.70. The average molecular weight is 287 g/mol. The normalized spacial score (nSPS) is 12.0. The molecule has 0 radical (unpaired) electrons. The second kappa shape index (κ2) is 4.59. The van der Waals surface area contributed by atoms with Gasteiger partial charge < -0.3 is 9.30 Å². The fourth-order valence-electron chi connectivity index (χ4n) is 1.98. The van der Waals surface area contributed by atoms with Crippen molar-refractivity contribution >= 4 is 22.5 Å². The van der Waals surface area contributed by atoms with Gasteiger partial charge in [0.2, 0.25) is 5.88 Å². The van der Waals surface area contributed by atoms with Crippen molar-refractivity contribution in [1.29, 1.82) is 0 Å². The minimum absolute atomic E-state index is 0.302. The van der Waals surface area contributed by atoms with E-state index in [1.165, 1.54) is 0 Å². The fraction of sp³-hybridized carbons (Fsp3) is 0.333. The second-order valence-corrected chi connectivity index (χ2v) is 6.65. The number of ether oxygens (including phenoxy) is 1. The SMILES string of the molecule is Cn1ccc2nc(OC(C)(C)C)c(-c3cccs3)nc21. The van der Waals surface area contributed by atoms with Gasteiger partial charge in [0, 0.05) is 13.2 Å². The van der Waals surface area contributed by atoms with Crippen LogP contribution in [0.1, 0.15) is 20.8 Å². The van der Waals surface area contributed by atoms with Crippen molar-refractivity contribution in [2.45, 2.75) is 26.4 Å². The van der Waals surface area contributed by atoms with E-state index in [0.29, 0.717) is 5.88 Å². The Morgan fingerprint density at radius 1 is 1.20 bits per heavy atom. The number of aryl methyl sites for hydroxylation is 1. The summed E-state index contributed by atoms with van der Waals surface area (Å²) in [6, 6.07) is 6.01. The summed E-state index contributed by atoms with van der Waals surface area (Å²) >= 11 is 1.64. The molecule has 0 saturated carbocycles. The standard InChI is InChI=1S/C15H17N3OS/c1-15(2,3)19-14-12(11-6-5-9-20-11)17-13-10(16-14)7-8-18(13)4/h5-9H,1-4H3. The van der Waals surface area contributed by atoms with Crippen molar-refractivity contribution < 1.29 is 4.74 Å². The topological polar surface area (TPSA) is 39.9 Å². The number of hydrogen-bond acceptors (Lipinski definition) is 4. The molecule has 0 bridgehead atoms. The lowest BCUT2D eigenvalue weighted by Gasteiger charge is -2.21. The number of hydrogen-bond donors (Lipinski definition) is 0. The van der Waals surface area contributed by atoms with E-state index in [2.05, 4.69) is 4.98 Å². The lowest BCUT2D eigenvalue weighted by Crippen LogP contribution is -2.24. The van der Waals surface area contributed by atoms with Crippen molar-refractivity contribution in [3.05, 3.63) is 29.8 Å². The molecule has 3 aromatic heterocycles. The molecule has 0 aliphatic heterocycles. The minimum atomic E-state index is -0.302. The lowest BCUT2D eigenvalue weighted by molar-refractivity contribution is 0.125. The maximum Gasteiger partial charge on any atom is 0.242 e. The first kappa shape index (κ1) is 13.1. The van der Waals surface area contributed by atoms with E-state index in [0.717, 1.165) is 21.7 Å². The first-order chi connectivity index (χ1) is 9.44. The highest BCUT2D eigenvalue weighted by atomic mass is 32.1. The summed E-state index contributed by atoms with van der Waals surface area (Å²) in [5.41, 5.74) is 2.23. The van der Waals surface area contributed by atoms with Gasteiger partial charge in [-0.25, -0.2) is 9.97 Å². The van der Waals surface area contributed by atoms with E-state index < -0.39 is 0 Å². The van der Waals surface area contributed by atoms with Crippen molar-refractivity contribution in [2.24, 2.45) is 7.05 Å². The third-order valence-electron chi connectivity index (χ3n) is 2.82. The van der Waals surface area contributed by atoms with E-state index in [-0.39, 0.29) is 5.60 Å². The largest absolute Gasteiger partial charge is 0.470 e. The molecule has 3 rings (SSSR count). The van der Waals surface area contributed by atoms with Crippen LogP contribution in [0.3, 0.4) is 0 Å². The summed E-state index contributed by atoms with van der Waals surface area (Å²) in [5.74, 6) is 0.596. The highest BCUT2D eigenvalue weighted by Gasteiger charge is 2.20. The molecule has 0 N–H and O–H groups in total. The summed E-state index contributed by atoms with van der Waals surface area (Å²) < 4.78 is 7.97. The van der Waals surface area contributed by atoms with Crippen molar-refractivity contribution in [3.63, 3.8) is 0 Å². The molecule has 0 atom stereocenters. The predicted molar refractivity (Wildman–Crippen MR) is 82.2 cm³/mol. The Morgan fingerprint density at radius 2 is 2.00 bits per heavy atom. The third-order valence-corrected chi connectivity index (χ3v) is 3.70. The van der Waals surface area contributed by atoms with Gasteiger partial charge in [-0.2, -0.15) is 0 Å². The highest BCUT2D eigenvalue weighted by Crippen LogP contribution is 2.33. The van der Waals surface area contributed by atoms with E-state index >= 15 is 0 Å². The Labute approximate surface area is 122 Å². The van der Waals surface area contributed by atoms with Crippen LogP contribution >= 0.6 is 11.3 Å². The maximum atomic E-state index is 6.00. The van der Waals surface area contributed by atoms with Crippen molar-refractivity contribution in [1.82, 2.24) is 14.5 Å². The highest BCUT2D eigenvalue weighted by molar-refractivity contribution is 7.13. The Bertz CT molecular complexity index is 738. The fourth-order valence-corrected chi connectivity index (χ4v) is 2.69. The third kappa shape index (κ3) is 2.41. The van der Waals surface area contributed by atoms with Crippen molar-refractivity contribution in [2.75, 3.05) is 0 Å². The van der Waals surface area contributed by atoms with E-state index in [9.17, 15) is 0 Å². The first-order valence-corrected chi connectivity index (χ1v) is 7.38. The van der Waals surface area contributed by atoms with Crippen molar-refractivity contribution in [3.8, 4) is 16.5 Å². The number of rotatable bonds is 2. The quantitative estimate of drug-likeness (QED) is 0.718. The van der Waals surface area contributed by atoms with Gasteiger partial charge in [0.1, 0.15) is 16.8 Å². The van der Waals surface area contributed by atoms with Gasteiger partial charge >= 0.3 is 0 Å². The molecule has 20 heavy (non-hydrogen) atoms. The zero-order chi connectivity index (χ0) is 14.3. The molecule has 0 aliphatic carbocycles. The zero-order valence-corrected chi connectivity index (χ0v) is 12.9. The summed E-state index contributed by atoms with van der Waals surface area (Å²) in [7, 11) is 1.97. The smallest absolute Gasteiger partial charge is 0.242 e. The molecule has 0 fully saturated rings. The maximum absolute atomic E-state index is 6.00. The molecule has 0 aliphatic rings. The first-order valence-electron chi connectivity index (χ1n) is 6.50. The van der Waals surface area contributed by atoms with Crippen LogP contribution in [0.25, 0.3) is 21.7 Å². The summed E-state index contributed by atoms with van der Waals surface area (Å²) in [4.78, 5) is 10.5. The molecular weight excluding hydrogens is 270 g/mol. The Hall–Kier alpha value is -1.88. The molecule has 0 spiro atoms. The van der Waals surface area contributed by atoms with Gasteiger partial charge in [-0.1, -0.05) is 6.07 Å². The predicted octanol–water partition coefficient (Wildman–Crippen LogP) is 3.87. The molecule has 104 valence electrons. The molecule has 3 heterocycles. The molecule has 3 aromatic rings. The Balaban J connectivity index is 2.22. The Morgan fingerprint density at radius 3 is 2.65 bits per heavy atom. The van der Waals surface area contributed by atoms with E-state index in [1.54, 1.807) is 11.3 Å². The summed E-state index contributed by atoms with van der Waals surface area (Å²) in [6.07, 6.45) is 1.96.